The van der Waals surface area contributed by atoms with Gasteiger partial charge in [0.1, 0.15) is 12.1 Å². The first-order valence-electron chi connectivity index (χ1n) is 4.19. The lowest BCUT2D eigenvalue weighted by Gasteiger charge is -2.07. The summed E-state index contributed by atoms with van der Waals surface area (Å²) in [6.45, 7) is 3.58. The van der Waals surface area contributed by atoms with Crippen molar-refractivity contribution in [3.05, 3.63) is 35.4 Å². The van der Waals surface area contributed by atoms with Gasteiger partial charge in [0.15, 0.2) is 0 Å². The van der Waals surface area contributed by atoms with Gasteiger partial charge < -0.3 is 0 Å². The molecule has 0 aliphatic carbocycles. The molecule has 0 atom stereocenters. The Hall–Kier alpha value is -1.78. The zero-order chi connectivity index (χ0) is 10.1. The molecule has 72 valence electrons. The highest BCUT2D eigenvalue weighted by atomic mass is 19.1. The lowest BCUT2D eigenvalue weighted by atomic mass is 10.1. The van der Waals surface area contributed by atoms with Gasteiger partial charge in [0.2, 0.25) is 0 Å². The molecule has 1 heterocycles. The van der Waals surface area contributed by atoms with Crippen LogP contribution >= 0.6 is 0 Å². The van der Waals surface area contributed by atoms with Gasteiger partial charge in [-0.05, 0) is 47.5 Å². The van der Waals surface area contributed by atoms with Crippen molar-refractivity contribution in [1.29, 1.82) is 0 Å². The van der Waals surface area contributed by atoms with E-state index in [2.05, 4.69) is 15.5 Å². The number of tetrazole rings is 1. The van der Waals surface area contributed by atoms with Gasteiger partial charge in [-0.15, -0.1) is 5.10 Å². The second-order valence-corrected chi connectivity index (χ2v) is 3.07. The Balaban J connectivity index is 2.61. The van der Waals surface area contributed by atoms with Gasteiger partial charge in [0, 0.05) is 0 Å². The van der Waals surface area contributed by atoms with E-state index >= 15 is 0 Å². The Morgan fingerprint density at radius 2 is 2.00 bits per heavy atom. The monoisotopic (exact) mass is 192 g/mol. The summed E-state index contributed by atoms with van der Waals surface area (Å²) in [6, 6.07) is 3.08. The molecule has 0 aliphatic rings. The van der Waals surface area contributed by atoms with E-state index in [0.717, 1.165) is 11.3 Å². The fourth-order valence-corrected chi connectivity index (χ4v) is 1.29. The van der Waals surface area contributed by atoms with Gasteiger partial charge in [-0.1, -0.05) is 0 Å². The summed E-state index contributed by atoms with van der Waals surface area (Å²) in [5.41, 5.74) is 2.27. The molecular formula is C9H9FN4. The second kappa shape index (κ2) is 3.17. The van der Waals surface area contributed by atoms with Gasteiger partial charge in [-0.3, -0.25) is 0 Å². The van der Waals surface area contributed by atoms with Gasteiger partial charge >= 0.3 is 0 Å². The van der Waals surface area contributed by atoms with Gasteiger partial charge in [0.05, 0.1) is 5.69 Å². The quantitative estimate of drug-likeness (QED) is 0.686. The maximum absolute atomic E-state index is 13.1. The molecule has 1 aromatic heterocycles. The third-order valence-electron chi connectivity index (χ3n) is 2.29. The van der Waals surface area contributed by atoms with Gasteiger partial charge in [-0.25, -0.2) is 9.07 Å². The van der Waals surface area contributed by atoms with Crippen LogP contribution in [0.5, 0.6) is 0 Å². The third-order valence-corrected chi connectivity index (χ3v) is 2.29. The number of nitrogens with zero attached hydrogens (tertiary/aromatic N) is 4. The highest BCUT2D eigenvalue weighted by molar-refractivity contribution is 5.44. The fourth-order valence-electron chi connectivity index (χ4n) is 1.29. The lowest BCUT2D eigenvalue weighted by molar-refractivity contribution is 0.615. The van der Waals surface area contributed by atoms with Crippen LogP contribution in [0.2, 0.25) is 0 Å². The molecule has 0 aliphatic heterocycles. The van der Waals surface area contributed by atoms with Crippen molar-refractivity contribution in [2.45, 2.75) is 13.8 Å². The van der Waals surface area contributed by atoms with Crippen molar-refractivity contribution in [3.63, 3.8) is 0 Å². The topological polar surface area (TPSA) is 43.6 Å². The largest absolute Gasteiger partial charge is 0.207 e. The molecule has 0 N–H and O–H groups in total. The molecular weight excluding hydrogens is 183 g/mol. The van der Waals surface area contributed by atoms with E-state index < -0.39 is 0 Å². The summed E-state index contributed by atoms with van der Waals surface area (Å²) in [5, 5.41) is 10.8. The van der Waals surface area contributed by atoms with Crippen molar-refractivity contribution in [3.8, 4) is 5.69 Å². The maximum Gasteiger partial charge on any atom is 0.143 e. The zero-order valence-electron chi connectivity index (χ0n) is 7.90. The minimum Gasteiger partial charge on any atom is -0.207 e. The molecule has 2 rings (SSSR count). The van der Waals surface area contributed by atoms with E-state index in [-0.39, 0.29) is 5.82 Å². The first-order chi connectivity index (χ1) is 6.70. The molecule has 0 fully saturated rings. The van der Waals surface area contributed by atoms with Gasteiger partial charge in [0.25, 0.3) is 0 Å². The van der Waals surface area contributed by atoms with Crippen LogP contribution in [0.25, 0.3) is 5.69 Å². The minimum absolute atomic E-state index is 0.209. The van der Waals surface area contributed by atoms with Crippen molar-refractivity contribution < 1.29 is 4.39 Å². The molecule has 0 spiro atoms. The van der Waals surface area contributed by atoms with E-state index in [4.69, 9.17) is 0 Å². The Morgan fingerprint density at radius 1 is 1.21 bits per heavy atom. The van der Waals surface area contributed by atoms with Crippen LogP contribution in [0, 0.1) is 19.7 Å². The van der Waals surface area contributed by atoms with E-state index in [1.165, 1.54) is 17.1 Å². The Labute approximate surface area is 80.4 Å². The van der Waals surface area contributed by atoms with Crippen LogP contribution in [-0.2, 0) is 0 Å². The second-order valence-electron chi connectivity index (χ2n) is 3.07. The number of hydrogen-bond acceptors (Lipinski definition) is 3. The lowest BCUT2D eigenvalue weighted by Crippen LogP contribution is -2.01. The predicted octanol–water partition coefficient (Wildman–Crippen LogP) is 1.42. The van der Waals surface area contributed by atoms with Crippen LogP contribution in [0.3, 0.4) is 0 Å². The van der Waals surface area contributed by atoms with Crippen LogP contribution in [0.15, 0.2) is 18.5 Å². The third kappa shape index (κ3) is 1.26. The summed E-state index contributed by atoms with van der Waals surface area (Å²) in [5.74, 6) is -0.209. The summed E-state index contributed by atoms with van der Waals surface area (Å²) in [7, 11) is 0. The Morgan fingerprint density at radius 3 is 2.64 bits per heavy atom. The summed E-state index contributed by atoms with van der Waals surface area (Å²) >= 11 is 0. The smallest absolute Gasteiger partial charge is 0.143 e. The summed E-state index contributed by atoms with van der Waals surface area (Å²) < 4.78 is 14.7. The highest BCUT2D eigenvalue weighted by Crippen LogP contribution is 2.18. The number of hydrogen-bond donors (Lipinski definition) is 0. The summed E-state index contributed by atoms with van der Waals surface area (Å²) in [6.07, 6.45) is 1.49. The van der Waals surface area contributed by atoms with Crippen LogP contribution < -0.4 is 0 Å². The first kappa shape index (κ1) is 8.80. The standard InChI is InChI=1S/C9H9FN4/c1-6-7(2)9(4-3-8(6)10)14-5-11-12-13-14/h3-5H,1-2H3. The number of benzene rings is 1. The fraction of sp³-hybridized carbons (Fsp3) is 0.222. The molecule has 0 bridgehead atoms. The zero-order valence-corrected chi connectivity index (χ0v) is 7.90. The molecule has 5 heteroatoms. The SMILES string of the molecule is Cc1c(F)ccc(-n2cnnn2)c1C. The van der Waals surface area contributed by atoms with Crippen molar-refractivity contribution in [1.82, 2.24) is 20.2 Å². The minimum atomic E-state index is -0.209. The molecule has 0 saturated heterocycles. The molecule has 0 radical (unpaired) electrons. The van der Waals surface area contributed by atoms with Crippen molar-refractivity contribution in [2.75, 3.05) is 0 Å². The predicted molar refractivity (Wildman–Crippen MR) is 48.6 cm³/mol. The van der Waals surface area contributed by atoms with Crippen LogP contribution in [-0.4, -0.2) is 20.2 Å². The van der Waals surface area contributed by atoms with Crippen LogP contribution in [0.4, 0.5) is 4.39 Å². The number of halogens is 1. The van der Waals surface area contributed by atoms with Crippen molar-refractivity contribution >= 4 is 0 Å². The molecule has 0 saturated carbocycles. The normalized spacial score (nSPS) is 10.5. The number of aromatic nitrogens is 4. The summed E-state index contributed by atoms with van der Waals surface area (Å²) in [4.78, 5) is 0. The van der Waals surface area contributed by atoms with Crippen molar-refractivity contribution in [2.24, 2.45) is 0 Å². The Bertz CT molecular complexity index is 450. The van der Waals surface area contributed by atoms with E-state index in [9.17, 15) is 4.39 Å². The molecule has 14 heavy (non-hydrogen) atoms. The average Bonchev–Trinajstić information content (AvgIpc) is 2.67. The Kier molecular flexibility index (Phi) is 1.99. The molecule has 4 nitrogen and oxygen atoms in total. The molecule has 1 aromatic carbocycles. The van der Waals surface area contributed by atoms with E-state index in [0.29, 0.717) is 5.56 Å². The number of rotatable bonds is 1. The molecule has 0 unspecified atom stereocenters. The van der Waals surface area contributed by atoms with E-state index in [1.807, 2.05) is 6.92 Å². The van der Waals surface area contributed by atoms with Gasteiger partial charge in [-0.2, -0.15) is 0 Å². The maximum atomic E-state index is 13.1. The molecule has 2 aromatic rings. The average molecular weight is 192 g/mol. The molecule has 0 amide bonds. The highest BCUT2D eigenvalue weighted by Gasteiger charge is 2.07. The van der Waals surface area contributed by atoms with Crippen LogP contribution in [0.1, 0.15) is 11.1 Å². The first-order valence-corrected chi connectivity index (χ1v) is 4.19. The van der Waals surface area contributed by atoms with E-state index in [1.54, 1.807) is 13.0 Å².